The number of carboxylic acid groups (broad SMARTS) is 1. The molecule has 0 heterocycles. The minimum atomic E-state index is -0.979. The van der Waals surface area contributed by atoms with Gasteiger partial charge in [0, 0.05) is 16.3 Å². The van der Waals surface area contributed by atoms with E-state index in [-0.39, 0.29) is 0 Å². The SMILES string of the molecule is Nc1ccc(SCC(N)C(=O)O)cc1. The van der Waals surface area contributed by atoms with Crippen molar-refractivity contribution in [2.75, 3.05) is 11.5 Å². The molecule has 5 N–H and O–H groups in total. The Kier molecular flexibility index (Phi) is 3.79. The molecule has 1 rings (SSSR count). The van der Waals surface area contributed by atoms with E-state index in [9.17, 15) is 4.79 Å². The lowest BCUT2D eigenvalue weighted by atomic mass is 10.3. The quantitative estimate of drug-likeness (QED) is 0.506. The lowest BCUT2D eigenvalue weighted by Crippen LogP contribution is -2.32. The monoisotopic (exact) mass is 212 g/mol. The van der Waals surface area contributed by atoms with Crippen molar-refractivity contribution < 1.29 is 9.90 Å². The third-order valence-corrected chi connectivity index (χ3v) is 2.76. The second-order valence-electron chi connectivity index (χ2n) is 2.82. The summed E-state index contributed by atoms with van der Waals surface area (Å²) in [5.74, 6) is -0.618. The average molecular weight is 212 g/mol. The van der Waals surface area contributed by atoms with Crippen LogP contribution < -0.4 is 11.5 Å². The van der Waals surface area contributed by atoms with Crippen LogP contribution in [0.15, 0.2) is 29.2 Å². The molecule has 0 aliphatic rings. The first-order chi connectivity index (χ1) is 6.59. The van der Waals surface area contributed by atoms with Crippen LogP contribution >= 0.6 is 11.8 Å². The summed E-state index contributed by atoms with van der Waals surface area (Å²) in [6.45, 7) is 0. The van der Waals surface area contributed by atoms with E-state index in [1.165, 1.54) is 11.8 Å². The Morgan fingerprint density at radius 2 is 2.00 bits per heavy atom. The first-order valence-corrected chi connectivity index (χ1v) is 5.05. The number of benzene rings is 1. The molecule has 0 aliphatic heterocycles. The Bertz CT molecular complexity index is 313. The molecule has 0 saturated carbocycles. The molecule has 14 heavy (non-hydrogen) atoms. The van der Waals surface area contributed by atoms with Crippen LogP contribution in [-0.4, -0.2) is 22.9 Å². The molecule has 0 bridgehead atoms. The molecule has 1 aromatic rings. The summed E-state index contributed by atoms with van der Waals surface area (Å²) in [5.41, 5.74) is 11.5. The summed E-state index contributed by atoms with van der Waals surface area (Å²) >= 11 is 1.40. The molecule has 76 valence electrons. The molecule has 0 aromatic heterocycles. The maximum Gasteiger partial charge on any atom is 0.321 e. The molecule has 1 unspecified atom stereocenters. The third-order valence-electron chi connectivity index (χ3n) is 1.63. The van der Waals surface area contributed by atoms with E-state index in [0.29, 0.717) is 11.4 Å². The highest BCUT2D eigenvalue weighted by Gasteiger charge is 2.10. The average Bonchev–Trinajstić information content (AvgIpc) is 2.16. The van der Waals surface area contributed by atoms with E-state index in [4.69, 9.17) is 16.6 Å². The summed E-state index contributed by atoms with van der Waals surface area (Å²) in [6, 6.07) is 6.41. The van der Waals surface area contributed by atoms with Gasteiger partial charge in [-0.1, -0.05) is 0 Å². The largest absolute Gasteiger partial charge is 0.480 e. The van der Waals surface area contributed by atoms with Crippen LogP contribution in [0.2, 0.25) is 0 Å². The van der Waals surface area contributed by atoms with Crippen LogP contribution in [0.1, 0.15) is 0 Å². The second-order valence-corrected chi connectivity index (χ2v) is 3.92. The predicted molar refractivity (Wildman–Crippen MR) is 57.2 cm³/mol. The van der Waals surface area contributed by atoms with Crippen LogP contribution in [0.5, 0.6) is 0 Å². The van der Waals surface area contributed by atoms with Crippen molar-refractivity contribution in [1.82, 2.24) is 0 Å². The van der Waals surface area contributed by atoms with Gasteiger partial charge in [0.2, 0.25) is 0 Å². The Balaban J connectivity index is 2.46. The molecule has 1 aromatic carbocycles. The molecule has 0 aliphatic carbocycles. The van der Waals surface area contributed by atoms with Gasteiger partial charge in [0.15, 0.2) is 0 Å². The summed E-state index contributed by atoms with van der Waals surface area (Å²) in [6.07, 6.45) is 0. The van der Waals surface area contributed by atoms with Crippen molar-refractivity contribution in [2.24, 2.45) is 5.73 Å². The van der Waals surface area contributed by atoms with Crippen molar-refractivity contribution in [3.8, 4) is 0 Å². The van der Waals surface area contributed by atoms with Crippen LogP contribution in [0.3, 0.4) is 0 Å². The maximum absolute atomic E-state index is 10.4. The number of carboxylic acids is 1. The van der Waals surface area contributed by atoms with Gasteiger partial charge in [0.1, 0.15) is 6.04 Å². The number of hydrogen-bond acceptors (Lipinski definition) is 4. The molecular weight excluding hydrogens is 200 g/mol. The summed E-state index contributed by atoms with van der Waals surface area (Å²) in [4.78, 5) is 11.4. The highest BCUT2D eigenvalue weighted by molar-refractivity contribution is 7.99. The molecule has 4 nitrogen and oxygen atoms in total. The van der Waals surface area contributed by atoms with Gasteiger partial charge in [0.05, 0.1) is 0 Å². The summed E-state index contributed by atoms with van der Waals surface area (Å²) in [5, 5.41) is 8.55. The predicted octanol–water partition coefficient (Wildman–Crippen LogP) is 0.773. The maximum atomic E-state index is 10.4. The Morgan fingerprint density at radius 3 is 2.50 bits per heavy atom. The minimum absolute atomic E-state index is 0.360. The molecule has 0 spiro atoms. The standard InChI is InChI=1S/C9H12N2O2S/c10-6-1-3-7(4-2-6)14-5-8(11)9(12)13/h1-4,8H,5,10-11H2,(H,12,13). The van der Waals surface area contributed by atoms with E-state index in [0.717, 1.165) is 4.90 Å². The van der Waals surface area contributed by atoms with E-state index < -0.39 is 12.0 Å². The number of nitrogens with two attached hydrogens (primary N) is 2. The van der Waals surface area contributed by atoms with Crippen LogP contribution in [0.25, 0.3) is 0 Å². The van der Waals surface area contributed by atoms with Crippen molar-refractivity contribution in [2.45, 2.75) is 10.9 Å². The smallest absolute Gasteiger partial charge is 0.321 e. The molecule has 5 heteroatoms. The van der Waals surface area contributed by atoms with Gasteiger partial charge in [-0.25, -0.2) is 0 Å². The molecular formula is C9H12N2O2S. The van der Waals surface area contributed by atoms with Crippen molar-refractivity contribution in [1.29, 1.82) is 0 Å². The van der Waals surface area contributed by atoms with Gasteiger partial charge >= 0.3 is 5.97 Å². The van der Waals surface area contributed by atoms with E-state index in [1.807, 2.05) is 12.1 Å². The van der Waals surface area contributed by atoms with Crippen molar-refractivity contribution in [3.05, 3.63) is 24.3 Å². The van der Waals surface area contributed by atoms with Gasteiger partial charge in [-0.05, 0) is 24.3 Å². The minimum Gasteiger partial charge on any atom is -0.480 e. The topological polar surface area (TPSA) is 89.3 Å². The number of nitrogen functional groups attached to an aromatic ring is 1. The zero-order valence-electron chi connectivity index (χ0n) is 7.51. The van der Waals surface area contributed by atoms with E-state index in [1.54, 1.807) is 12.1 Å². The lowest BCUT2D eigenvalue weighted by Gasteiger charge is -2.05. The number of hydrogen-bond donors (Lipinski definition) is 3. The normalized spacial score (nSPS) is 12.4. The molecule has 0 radical (unpaired) electrons. The fraction of sp³-hybridized carbons (Fsp3) is 0.222. The van der Waals surface area contributed by atoms with Gasteiger partial charge in [-0.2, -0.15) is 0 Å². The summed E-state index contributed by atoms with van der Waals surface area (Å²) < 4.78 is 0. The lowest BCUT2D eigenvalue weighted by molar-refractivity contribution is -0.137. The Hall–Kier alpha value is -1.20. The molecule has 0 fully saturated rings. The highest BCUT2D eigenvalue weighted by atomic mass is 32.2. The van der Waals surface area contributed by atoms with E-state index in [2.05, 4.69) is 0 Å². The van der Waals surface area contributed by atoms with Gasteiger partial charge < -0.3 is 16.6 Å². The number of aliphatic carboxylic acids is 1. The first-order valence-electron chi connectivity index (χ1n) is 4.06. The molecule has 0 amide bonds. The van der Waals surface area contributed by atoms with Gasteiger partial charge in [0.25, 0.3) is 0 Å². The van der Waals surface area contributed by atoms with E-state index >= 15 is 0 Å². The Morgan fingerprint density at radius 1 is 1.43 bits per heavy atom. The number of carbonyl (C=O) groups is 1. The zero-order chi connectivity index (χ0) is 10.6. The van der Waals surface area contributed by atoms with Crippen molar-refractivity contribution >= 4 is 23.4 Å². The number of thioether (sulfide) groups is 1. The fourth-order valence-electron chi connectivity index (χ4n) is 0.821. The Labute approximate surface area is 86.3 Å². The fourth-order valence-corrected chi connectivity index (χ4v) is 1.66. The second kappa shape index (κ2) is 4.88. The number of anilines is 1. The molecule has 1 atom stereocenters. The zero-order valence-corrected chi connectivity index (χ0v) is 8.33. The third kappa shape index (κ3) is 3.27. The van der Waals surface area contributed by atoms with Crippen LogP contribution in [-0.2, 0) is 4.79 Å². The van der Waals surface area contributed by atoms with Gasteiger partial charge in [-0.15, -0.1) is 11.8 Å². The highest BCUT2D eigenvalue weighted by Crippen LogP contribution is 2.19. The number of rotatable bonds is 4. The summed E-state index contributed by atoms with van der Waals surface area (Å²) in [7, 11) is 0. The van der Waals surface area contributed by atoms with Crippen molar-refractivity contribution in [3.63, 3.8) is 0 Å². The molecule has 0 saturated heterocycles. The van der Waals surface area contributed by atoms with Crippen LogP contribution in [0, 0.1) is 0 Å². The van der Waals surface area contributed by atoms with Crippen LogP contribution in [0.4, 0.5) is 5.69 Å². The van der Waals surface area contributed by atoms with Gasteiger partial charge in [-0.3, -0.25) is 4.79 Å². The first kappa shape index (κ1) is 10.9.